The fourth-order valence-corrected chi connectivity index (χ4v) is 1.43. The lowest BCUT2D eigenvalue weighted by molar-refractivity contribution is -0.136. The van der Waals surface area contributed by atoms with Crippen LogP contribution in [0.4, 0.5) is 5.82 Å². The Balaban J connectivity index is 2.38. The van der Waals surface area contributed by atoms with E-state index in [1.807, 2.05) is 0 Å². The molecule has 1 aromatic heterocycles. The van der Waals surface area contributed by atoms with Gasteiger partial charge in [0.15, 0.2) is 0 Å². The fourth-order valence-electron chi connectivity index (χ4n) is 1.43. The van der Waals surface area contributed by atoms with Gasteiger partial charge in [0, 0.05) is 25.6 Å². The van der Waals surface area contributed by atoms with Crippen molar-refractivity contribution in [3.8, 4) is 0 Å². The number of amides is 3. The monoisotopic (exact) mass is 321 g/mol. The fraction of sp³-hybridized carbons (Fsp3) is 0.357. The van der Waals surface area contributed by atoms with Crippen molar-refractivity contribution in [1.82, 2.24) is 15.7 Å². The molecular weight excluding hydrogens is 302 g/mol. The first kappa shape index (κ1) is 18.2. The zero-order valence-electron chi connectivity index (χ0n) is 13.0. The molecule has 9 heteroatoms. The highest BCUT2D eigenvalue weighted by Crippen LogP contribution is 1.99. The molecule has 0 saturated heterocycles. The van der Waals surface area contributed by atoms with Crippen molar-refractivity contribution in [1.29, 1.82) is 0 Å². The molecule has 0 radical (unpaired) electrons. The maximum atomic E-state index is 11.6. The Labute approximate surface area is 133 Å². The summed E-state index contributed by atoms with van der Waals surface area (Å²) in [5.74, 6) is -1.85. The second-order valence-electron chi connectivity index (χ2n) is 4.48. The Morgan fingerprint density at radius 1 is 1.26 bits per heavy atom. The molecule has 3 amide bonds. The number of anilines is 1. The number of carbonyl (C=O) groups excluding carboxylic acids is 3. The molecule has 0 aliphatic heterocycles. The van der Waals surface area contributed by atoms with Crippen LogP contribution in [0.1, 0.15) is 13.3 Å². The van der Waals surface area contributed by atoms with Crippen molar-refractivity contribution in [3.63, 3.8) is 0 Å². The molecule has 0 atom stereocenters. The predicted octanol–water partition coefficient (Wildman–Crippen LogP) is -0.335. The summed E-state index contributed by atoms with van der Waals surface area (Å²) in [6, 6.07) is 4.90. The molecule has 0 fully saturated rings. The van der Waals surface area contributed by atoms with Crippen molar-refractivity contribution >= 4 is 29.3 Å². The maximum absolute atomic E-state index is 11.6. The van der Waals surface area contributed by atoms with Gasteiger partial charge in [-0.3, -0.25) is 14.4 Å². The van der Waals surface area contributed by atoms with E-state index in [1.165, 1.54) is 13.3 Å². The Kier molecular flexibility index (Phi) is 7.94. The number of nitrogens with zero attached hydrogens (tertiary/aromatic N) is 2. The summed E-state index contributed by atoms with van der Waals surface area (Å²) < 4.78 is 4.80. The molecule has 9 nitrogen and oxygen atoms in total. The van der Waals surface area contributed by atoms with Gasteiger partial charge in [0.1, 0.15) is 5.82 Å². The minimum Gasteiger partial charge on any atom is -0.383 e. The number of rotatable bonds is 7. The van der Waals surface area contributed by atoms with Crippen LogP contribution in [0.5, 0.6) is 0 Å². The summed E-state index contributed by atoms with van der Waals surface area (Å²) in [5.41, 5.74) is 2.44. The van der Waals surface area contributed by atoms with Gasteiger partial charge < -0.3 is 15.4 Å². The van der Waals surface area contributed by atoms with E-state index in [9.17, 15) is 14.4 Å². The molecule has 23 heavy (non-hydrogen) atoms. The van der Waals surface area contributed by atoms with E-state index in [1.54, 1.807) is 25.1 Å². The summed E-state index contributed by atoms with van der Waals surface area (Å²) in [4.78, 5) is 38.5. The number of hydrazone groups is 1. The molecule has 1 aromatic rings. The lowest BCUT2D eigenvalue weighted by Gasteiger charge is -2.05. The standard InChI is InChI=1S/C14H19N5O4/c1-10(9-12(20)16-7-8-23-2)18-19-14(22)13(21)17-11-5-3-4-6-15-11/h3-6H,7-9H2,1-2H3,(H,16,20)(H,19,22)(H,15,17,21)/b18-10+. The van der Waals surface area contributed by atoms with Crippen LogP contribution in [-0.4, -0.2) is 48.7 Å². The van der Waals surface area contributed by atoms with Gasteiger partial charge in [-0.15, -0.1) is 0 Å². The molecule has 0 spiro atoms. The van der Waals surface area contributed by atoms with E-state index in [2.05, 4.69) is 26.1 Å². The summed E-state index contributed by atoms with van der Waals surface area (Å²) >= 11 is 0. The van der Waals surface area contributed by atoms with E-state index in [0.717, 1.165) is 0 Å². The van der Waals surface area contributed by atoms with E-state index in [-0.39, 0.29) is 18.1 Å². The van der Waals surface area contributed by atoms with Gasteiger partial charge in [-0.2, -0.15) is 5.10 Å². The van der Waals surface area contributed by atoms with E-state index in [4.69, 9.17) is 4.74 Å². The van der Waals surface area contributed by atoms with Crippen LogP contribution in [0, 0.1) is 0 Å². The molecular formula is C14H19N5O4. The van der Waals surface area contributed by atoms with Crippen molar-refractivity contribution in [3.05, 3.63) is 24.4 Å². The quantitative estimate of drug-likeness (QED) is 0.275. The van der Waals surface area contributed by atoms with Crippen LogP contribution in [0.2, 0.25) is 0 Å². The number of carbonyl (C=O) groups is 3. The van der Waals surface area contributed by atoms with Gasteiger partial charge in [0.05, 0.1) is 13.0 Å². The first-order chi connectivity index (χ1) is 11.0. The third kappa shape index (κ3) is 7.67. The number of hydrogen-bond donors (Lipinski definition) is 3. The average Bonchev–Trinajstić information content (AvgIpc) is 2.53. The lowest BCUT2D eigenvalue weighted by atomic mass is 10.3. The van der Waals surface area contributed by atoms with E-state index in [0.29, 0.717) is 18.9 Å². The highest BCUT2D eigenvalue weighted by Gasteiger charge is 2.13. The van der Waals surface area contributed by atoms with Crippen molar-refractivity contribution in [2.45, 2.75) is 13.3 Å². The van der Waals surface area contributed by atoms with E-state index >= 15 is 0 Å². The Hall–Kier alpha value is -2.81. The number of ether oxygens (including phenoxy) is 1. The van der Waals surface area contributed by atoms with Crippen molar-refractivity contribution in [2.24, 2.45) is 5.10 Å². The smallest absolute Gasteiger partial charge is 0.329 e. The Bertz CT molecular complexity index is 574. The largest absolute Gasteiger partial charge is 0.383 e. The summed E-state index contributed by atoms with van der Waals surface area (Å²) in [6.07, 6.45) is 1.49. The highest BCUT2D eigenvalue weighted by atomic mass is 16.5. The molecule has 124 valence electrons. The molecule has 0 aromatic carbocycles. The molecule has 1 rings (SSSR count). The SMILES string of the molecule is COCCNC(=O)C/C(C)=N/NC(=O)C(=O)Nc1ccccn1. The number of methoxy groups -OCH3 is 1. The number of pyridine rings is 1. The third-order valence-electron chi connectivity index (χ3n) is 2.51. The molecule has 1 heterocycles. The van der Waals surface area contributed by atoms with Crippen LogP contribution < -0.4 is 16.1 Å². The van der Waals surface area contributed by atoms with Crippen molar-refractivity contribution in [2.75, 3.05) is 25.6 Å². The van der Waals surface area contributed by atoms with E-state index < -0.39 is 11.8 Å². The zero-order chi connectivity index (χ0) is 17.1. The topological polar surface area (TPSA) is 122 Å². The predicted molar refractivity (Wildman–Crippen MR) is 83.6 cm³/mol. The van der Waals surface area contributed by atoms with Gasteiger partial charge >= 0.3 is 11.8 Å². The summed E-state index contributed by atoms with van der Waals surface area (Å²) in [5, 5.41) is 8.63. The van der Waals surface area contributed by atoms with Gasteiger partial charge in [0.25, 0.3) is 0 Å². The first-order valence-electron chi connectivity index (χ1n) is 6.84. The van der Waals surface area contributed by atoms with Crippen LogP contribution >= 0.6 is 0 Å². The lowest BCUT2D eigenvalue weighted by Crippen LogP contribution is -2.34. The summed E-state index contributed by atoms with van der Waals surface area (Å²) in [6.45, 7) is 2.36. The first-order valence-corrected chi connectivity index (χ1v) is 6.84. The number of aromatic nitrogens is 1. The average molecular weight is 321 g/mol. The van der Waals surface area contributed by atoms with Crippen LogP contribution in [0.25, 0.3) is 0 Å². The summed E-state index contributed by atoms with van der Waals surface area (Å²) in [7, 11) is 1.53. The second kappa shape index (κ2) is 10.0. The number of nitrogens with one attached hydrogen (secondary N) is 3. The highest BCUT2D eigenvalue weighted by molar-refractivity contribution is 6.39. The Morgan fingerprint density at radius 3 is 2.70 bits per heavy atom. The number of hydrogen-bond acceptors (Lipinski definition) is 6. The van der Waals surface area contributed by atoms with Crippen LogP contribution in [0.3, 0.4) is 0 Å². The minimum absolute atomic E-state index is 0.00581. The molecule has 3 N–H and O–H groups in total. The maximum Gasteiger partial charge on any atom is 0.329 e. The normalized spacial score (nSPS) is 10.8. The molecule has 0 aliphatic carbocycles. The molecule has 0 unspecified atom stereocenters. The van der Waals surface area contributed by atoms with Crippen molar-refractivity contribution < 1.29 is 19.1 Å². The molecule has 0 saturated carbocycles. The van der Waals surface area contributed by atoms with Gasteiger partial charge in [-0.05, 0) is 19.1 Å². The van der Waals surface area contributed by atoms with Gasteiger partial charge in [-0.25, -0.2) is 10.4 Å². The van der Waals surface area contributed by atoms with Crippen LogP contribution in [-0.2, 0) is 19.1 Å². The van der Waals surface area contributed by atoms with Gasteiger partial charge in [0.2, 0.25) is 5.91 Å². The minimum atomic E-state index is -0.949. The third-order valence-corrected chi connectivity index (χ3v) is 2.51. The Morgan fingerprint density at radius 2 is 2.04 bits per heavy atom. The second-order valence-corrected chi connectivity index (χ2v) is 4.48. The van der Waals surface area contributed by atoms with Gasteiger partial charge in [-0.1, -0.05) is 6.07 Å². The van der Waals surface area contributed by atoms with Crippen LogP contribution in [0.15, 0.2) is 29.5 Å². The zero-order valence-corrected chi connectivity index (χ0v) is 13.0. The molecule has 0 aliphatic rings. The molecule has 0 bridgehead atoms.